The number of aromatic nitrogens is 3. The molecule has 8 heteroatoms. The van der Waals surface area contributed by atoms with Crippen LogP contribution in [0.1, 0.15) is 10.5 Å². The van der Waals surface area contributed by atoms with Crippen molar-refractivity contribution in [3.05, 3.63) is 63.6 Å². The van der Waals surface area contributed by atoms with Crippen LogP contribution in [0.4, 0.5) is 9.52 Å². The average Bonchev–Trinajstić information content (AvgIpc) is 2.98. The molecule has 0 aliphatic carbocycles. The minimum Gasteiger partial charge on any atom is -0.296 e. The van der Waals surface area contributed by atoms with E-state index in [0.29, 0.717) is 16.4 Å². The Kier molecular flexibility index (Phi) is 3.98. The molecule has 0 bridgehead atoms. The van der Waals surface area contributed by atoms with E-state index in [1.165, 1.54) is 42.6 Å². The van der Waals surface area contributed by atoms with Crippen molar-refractivity contribution >= 4 is 22.4 Å². The first kappa shape index (κ1) is 15.0. The van der Waals surface area contributed by atoms with E-state index in [2.05, 4.69) is 15.4 Å². The Hall–Kier alpha value is -2.87. The van der Waals surface area contributed by atoms with Crippen molar-refractivity contribution in [2.75, 3.05) is 5.32 Å². The summed E-state index contributed by atoms with van der Waals surface area (Å²) in [4.78, 5) is 27.6. The van der Waals surface area contributed by atoms with Crippen LogP contribution in [0.25, 0.3) is 11.3 Å². The molecule has 1 N–H and O–H groups in total. The number of nitrogens with one attached hydrogen (secondary N) is 1. The van der Waals surface area contributed by atoms with Crippen molar-refractivity contribution in [2.45, 2.75) is 0 Å². The second-order valence-corrected chi connectivity index (χ2v) is 5.54. The Balaban J connectivity index is 1.80. The van der Waals surface area contributed by atoms with Crippen LogP contribution in [0, 0.1) is 5.82 Å². The fourth-order valence-corrected chi connectivity index (χ4v) is 2.61. The molecule has 116 valence electrons. The number of nitrogens with zero attached hydrogens (tertiary/aromatic N) is 3. The lowest BCUT2D eigenvalue weighted by Gasteiger charge is -2.02. The third-order valence-electron chi connectivity index (χ3n) is 3.04. The first-order valence-corrected chi connectivity index (χ1v) is 7.48. The van der Waals surface area contributed by atoms with Gasteiger partial charge in [0.1, 0.15) is 11.5 Å². The molecule has 0 radical (unpaired) electrons. The summed E-state index contributed by atoms with van der Waals surface area (Å²) < 4.78 is 14.3. The monoisotopic (exact) mass is 330 g/mol. The normalized spacial score (nSPS) is 10.5. The molecule has 23 heavy (non-hydrogen) atoms. The number of hydrogen-bond acceptors (Lipinski definition) is 5. The van der Waals surface area contributed by atoms with E-state index >= 15 is 0 Å². The number of carbonyl (C=O) groups is 1. The van der Waals surface area contributed by atoms with Crippen LogP contribution in [0.3, 0.4) is 0 Å². The van der Waals surface area contributed by atoms with E-state index in [1.54, 1.807) is 17.5 Å². The molecule has 3 rings (SSSR count). The highest BCUT2D eigenvalue weighted by molar-refractivity contribution is 7.14. The van der Waals surface area contributed by atoms with Crippen molar-refractivity contribution < 1.29 is 9.18 Å². The summed E-state index contributed by atoms with van der Waals surface area (Å²) in [5.41, 5.74) is 0.999. The van der Waals surface area contributed by atoms with Gasteiger partial charge in [0.2, 0.25) is 0 Å². The van der Waals surface area contributed by atoms with E-state index in [-0.39, 0.29) is 17.1 Å². The van der Waals surface area contributed by atoms with Crippen LogP contribution in [0.5, 0.6) is 0 Å². The number of thiazole rings is 1. The maximum Gasteiger partial charge on any atom is 0.277 e. The van der Waals surface area contributed by atoms with Crippen molar-refractivity contribution in [1.82, 2.24) is 14.8 Å². The lowest BCUT2D eigenvalue weighted by Crippen LogP contribution is -2.23. The third-order valence-corrected chi connectivity index (χ3v) is 3.80. The quantitative estimate of drug-likeness (QED) is 0.799. The van der Waals surface area contributed by atoms with Crippen molar-refractivity contribution in [2.24, 2.45) is 7.05 Å². The molecule has 0 unspecified atom stereocenters. The predicted octanol–water partition coefficient (Wildman–Crippen LogP) is 2.30. The molecule has 0 saturated carbocycles. The van der Waals surface area contributed by atoms with Gasteiger partial charge in [0.15, 0.2) is 5.13 Å². The van der Waals surface area contributed by atoms with Gasteiger partial charge in [-0.3, -0.25) is 14.9 Å². The minimum atomic E-state index is -0.472. The van der Waals surface area contributed by atoms with Gasteiger partial charge in [-0.05, 0) is 18.2 Å². The Bertz CT molecular complexity index is 935. The lowest BCUT2D eigenvalue weighted by molar-refractivity contribution is 0.102. The van der Waals surface area contributed by atoms with Gasteiger partial charge in [-0.15, -0.1) is 11.3 Å². The van der Waals surface area contributed by atoms with Crippen molar-refractivity contribution in [3.63, 3.8) is 0 Å². The predicted molar refractivity (Wildman–Crippen MR) is 84.9 cm³/mol. The second kappa shape index (κ2) is 6.09. The van der Waals surface area contributed by atoms with Gasteiger partial charge >= 0.3 is 0 Å². The van der Waals surface area contributed by atoms with Crippen LogP contribution in [-0.4, -0.2) is 20.7 Å². The van der Waals surface area contributed by atoms with Crippen molar-refractivity contribution in [1.29, 1.82) is 0 Å². The molecule has 2 aromatic heterocycles. The number of anilines is 1. The SMILES string of the molecule is Cn1nc(C(=O)Nc2nc(-c3cccc(F)c3)cs2)ccc1=O. The zero-order chi connectivity index (χ0) is 16.4. The van der Waals surface area contributed by atoms with E-state index in [4.69, 9.17) is 0 Å². The van der Waals surface area contributed by atoms with E-state index in [0.717, 1.165) is 4.68 Å². The van der Waals surface area contributed by atoms with Crippen LogP contribution in [0.2, 0.25) is 0 Å². The molecule has 0 fully saturated rings. The van der Waals surface area contributed by atoms with Gasteiger partial charge in [-0.25, -0.2) is 14.1 Å². The molecule has 1 amide bonds. The molecule has 0 saturated heterocycles. The standard InChI is InChI=1S/C15H11FN4O2S/c1-20-13(21)6-5-11(19-20)14(22)18-15-17-12(8-23-15)9-3-2-4-10(16)7-9/h2-8H,1H3,(H,17,18,22). The molecule has 0 atom stereocenters. The fourth-order valence-electron chi connectivity index (χ4n) is 1.90. The highest BCUT2D eigenvalue weighted by Gasteiger charge is 2.12. The number of aryl methyl sites for hydroxylation is 1. The summed E-state index contributed by atoms with van der Waals surface area (Å²) in [6.45, 7) is 0. The number of hydrogen-bond donors (Lipinski definition) is 1. The highest BCUT2D eigenvalue weighted by Crippen LogP contribution is 2.25. The molecule has 1 aromatic carbocycles. The zero-order valence-electron chi connectivity index (χ0n) is 12.0. The Morgan fingerprint density at radius 3 is 2.87 bits per heavy atom. The van der Waals surface area contributed by atoms with E-state index in [1.807, 2.05) is 0 Å². The number of benzene rings is 1. The van der Waals surface area contributed by atoms with Crippen LogP contribution in [-0.2, 0) is 7.05 Å². The molecule has 3 aromatic rings. The summed E-state index contributed by atoms with van der Waals surface area (Å²) in [5, 5.41) is 8.56. The Labute approximate surface area is 134 Å². The fraction of sp³-hybridized carbons (Fsp3) is 0.0667. The van der Waals surface area contributed by atoms with E-state index in [9.17, 15) is 14.0 Å². The van der Waals surface area contributed by atoms with Gasteiger partial charge in [-0.1, -0.05) is 12.1 Å². The third kappa shape index (κ3) is 3.32. The summed E-state index contributed by atoms with van der Waals surface area (Å²) >= 11 is 1.22. The van der Waals surface area contributed by atoms with Crippen LogP contribution < -0.4 is 10.9 Å². The van der Waals surface area contributed by atoms with Crippen LogP contribution in [0.15, 0.2) is 46.6 Å². The van der Waals surface area contributed by atoms with Gasteiger partial charge in [-0.2, -0.15) is 5.10 Å². The number of rotatable bonds is 3. The molecule has 0 spiro atoms. The van der Waals surface area contributed by atoms with Crippen LogP contribution >= 0.6 is 11.3 Å². The molecule has 0 aliphatic heterocycles. The van der Waals surface area contributed by atoms with Gasteiger partial charge in [0.25, 0.3) is 11.5 Å². The van der Waals surface area contributed by atoms with Gasteiger partial charge < -0.3 is 0 Å². The van der Waals surface area contributed by atoms with E-state index < -0.39 is 5.91 Å². The molecule has 0 aliphatic rings. The van der Waals surface area contributed by atoms with Gasteiger partial charge in [0.05, 0.1) is 5.69 Å². The summed E-state index contributed by atoms with van der Waals surface area (Å²) in [7, 11) is 1.46. The summed E-state index contributed by atoms with van der Waals surface area (Å²) in [6.07, 6.45) is 0. The minimum absolute atomic E-state index is 0.106. The molecular formula is C15H11FN4O2S. The largest absolute Gasteiger partial charge is 0.296 e. The number of amides is 1. The van der Waals surface area contributed by atoms with Gasteiger partial charge in [0, 0.05) is 24.1 Å². The smallest absolute Gasteiger partial charge is 0.277 e. The zero-order valence-corrected chi connectivity index (χ0v) is 12.8. The van der Waals surface area contributed by atoms with Crippen molar-refractivity contribution in [3.8, 4) is 11.3 Å². The Morgan fingerprint density at radius 1 is 1.30 bits per heavy atom. The molecule has 6 nitrogen and oxygen atoms in total. The number of halogens is 1. The molecular weight excluding hydrogens is 319 g/mol. The summed E-state index contributed by atoms with van der Waals surface area (Å²) in [6, 6.07) is 8.66. The first-order valence-electron chi connectivity index (χ1n) is 6.60. The maximum atomic E-state index is 13.2. The average molecular weight is 330 g/mol. The topological polar surface area (TPSA) is 76.9 Å². The maximum absolute atomic E-state index is 13.2. The summed E-state index contributed by atoms with van der Waals surface area (Å²) in [5.74, 6) is -0.823. The second-order valence-electron chi connectivity index (χ2n) is 4.68. The molecule has 2 heterocycles. The lowest BCUT2D eigenvalue weighted by atomic mass is 10.2. The Morgan fingerprint density at radius 2 is 2.13 bits per heavy atom. The highest BCUT2D eigenvalue weighted by atomic mass is 32.1. The first-order chi connectivity index (χ1) is 11.0. The number of carbonyl (C=O) groups excluding carboxylic acids is 1.